The number of nitrogens with one attached hydrogen (secondary N) is 1. The Balaban J connectivity index is 2.36. The van der Waals surface area contributed by atoms with Crippen LogP contribution in [0.25, 0.3) is 0 Å². The van der Waals surface area contributed by atoms with Crippen LogP contribution in [0.5, 0.6) is 11.5 Å². The number of hydrogen-bond donors (Lipinski definition) is 1. The predicted octanol–water partition coefficient (Wildman–Crippen LogP) is 3.52. The summed E-state index contributed by atoms with van der Waals surface area (Å²) >= 11 is 0. The Kier molecular flexibility index (Phi) is 4.82. The fourth-order valence-corrected chi connectivity index (χ4v) is 2.21. The van der Waals surface area contributed by atoms with Crippen molar-refractivity contribution >= 4 is 11.6 Å². The van der Waals surface area contributed by atoms with E-state index in [1.165, 1.54) is 14.2 Å². The molecule has 0 saturated heterocycles. The number of anilines is 1. The number of amides is 1. The number of methoxy groups -OCH3 is 2. The molecule has 1 amide bonds. The first-order valence-corrected chi connectivity index (χ1v) is 6.81. The fourth-order valence-electron chi connectivity index (χ4n) is 2.21. The van der Waals surface area contributed by atoms with Crippen LogP contribution in [0.15, 0.2) is 42.5 Å². The number of carbonyl (C=O) groups excluding carboxylic acids is 1. The third-order valence-electron chi connectivity index (χ3n) is 3.30. The number of hydrogen-bond acceptors (Lipinski definition) is 3. The van der Waals surface area contributed by atoms with Crippen molar-refractivity contribution in [3.63, 3.8) is 0 Å². The molecule has 0 atom stereocenters. The standard InChI is InChI=1S/C17H19NO3/c1-4-12-8-5-6-9-13(12)18-17(19)16-14(20-2)10-7-11-15(16)21-3/h5-11H,4H2,1-3H3,(H,18,19). The predicted molar refractivity (Wildman–Crippen MR) is 83.3 cm³/mol. The summed E-state index contributed by atoms with van der Waals surface area (Å²) in [4.78, 5) is 12.6. The third kappa shape index (κ3) is 3.16. The Bertz CT molecular complexity index is 615. The molecule has 0 fully saturated rings. The van der Waals surface area contributed by atoms with Gasteiger partial charge in [0.25, 0.3) is 5.91 Å². The zero-order valence-corrected chi connectivity index (χ0v) is 12.5. The summed E-state index contributed by atoms with van der Waals surface area (Å²) < 4.78 is 10.5. The molecule has 110 valence electrons. The van der Waals surface area contributed by atoms with Crippen LogP contribution in [0.3, 0.4) is 0 Å². The van der Waals surface area contributed by atoms with Gasteiger partial charge in [0.1, 0.15) is 17.1 Å². The summed E-state index contributed by atoms with van der Waals surface area (Å²) in [6, 6.07) is 13.0. The molecule has 2 aromatic carbocycles. The molecule has 0 aliphatic rings. The maximum absolute atomic E-state index is 12.6. The summed E-state index contributed by atoms with van der Waals surface area (Å²) in [5.74, 6) is 0.729. The van der Waals surface area contributed by atoms with Crippen molar-refractivity contribution in [3.8, 4) is 11.5 Å². The van der Waals surface area contributed by atoms with E-state index < -0.39 is 0 Å². The number of rotatable bonds is 5. The minimum absolute atomic E-state index is 0.245. The van der Waals surface area contributed by atoms with Crippen molar-refractivity contribution in [2.75, 3.05) is 19.5 Å². The van der Waals surface area contributed by atoms with E-state index in [0.29, 0.717) is 17.1 Å². The van der Waals surface area contributed by atoms with Crippen molar-refractivity contribution in [2.24, 2.45) is 0 Å². The lowest BCUT2D eigenvalue weighted by atomic mass is 10.1. The normalized spacial score (nSPS) is 10.0. The third-order valence-corrected chi connectivity index (χ3v) is 3.30. The van der Waals surface area contributed by atoms with Gasteiger partial charge in [-0.2, -0.15) is 0 Å². The SMILES string of the molecule is CCc1ccccc1NC(=O)c1c(OC)cccc1OC. The Morgan fingerprint density at radius 3 is 2.19 bits per heavy atom. The molecule has 0 aliphatic carbocycles. The number of carbonyl (C=O) groups is 1. The van der Waals surface area contributed by atoms with Crippen molar-refractivity contribution < 1.29 is 14.3 Å². The lowest BCUT2D eigenvalue weighted by Gasteiger charge is -2.14. The highest BCUT2D eigenvalue weighted by molar-refractivity contribution is 6.08. The largest absolute Gasteiger partial charge is 0.496 e. The van der Waals surface area contributed by atoms with Gasteiger partial charge in [-0.3, -0.25) is 4.79 Å². The van der Waals surface area contributed by atoms with Gasteiger partial charge in [0.05, 0.1) is 14.2 Å². The Morgan fingerprint density at radius 1 is 1.00 bits per heavy atom. The molecule has 0 heterocycles. The van der Waals surface area contributed by atoms with Crippen LogP contribution in [0.1, 0.15) is 22.8 Å². The molecule has 2 aromatic rings. The maximum atomic E-state index is 12.6. The van der Waals surface area contributed by atoms with Gasteiger partial charge in [-0.25, -0.2) is 0 Å². The Labute approximate surface area is 124 Å². The first-order valence-electron chi connectivity index (χ1n) is 6.81. The molecular formula is C17H19NO3. The Morgan fingerprint density at radius 2 is 1.62 bits per heavy atom. The van der Waals surface area contributed by atoms with Crippen molar-refractivity contribution in [1.82, 2.24) is 0 Å². The smallest absolute Gasteiger partial charge is 0.263 e. The van der Waals surface area contributed by atoms with E-state index >= 15 is 0 Å². The highest BCUT2D eigenvalue weighted by Crippen LogP contribution is 2.29. The van der Waals surface area contributed by atoms with Gasteiger partial charge >= 0.3 is 0 Å². The van der Waals surface area contributed by atoms with Gasteiger partial charge in [-0.05, 0) is 30.2 Å². The molecule has 0 radical (unpaired) electrons. The van der Waals surface area contributed by atoms with Crippen molar-refractivity contribution in [1.29, 1.82) is 0 Å². The van der Waals surface area contributed by atoms with Gasteiger partial charge < -0.3 is 14.8 Å². The monoisotopic (exact) mass is 285 g/mol. The van der Waals surface area contributed by atoms with E-state index in [2.05, 4.69) is 12.2 Å². The molecule has 0 spiro atoms. The van der Waals surface area contributed by atoms with E-state index in [1.807, 2.05) is 24.3 Å². The average Bonchev–Trinajstić information content (AvgIpc) is 2.54. The summed E-state index contributed by atoms with van der Waals surface area (Å²) in [6.07, 6.45) is 0.847. The molecule has 4 nitrogen and oxygen atoms in total. The summed E-state index contributed by atoms with van der Waals surface area (Å²) in [6.45, 7) is 2.05. The average molecular weight is 285 g/mol. The van der Waals surface area contributed by atoms with Crippen LogP contribution in [0.4, 0.5) is 5.69 Å². The van der Waals surface area contributed by atoms with E-state index in [1.54, 1.807) is 18.2 Å². The Hall–Kier alpha value is -2.49. The molecule has 0 saturated carbocycles. The molecule has 4 heteroatoms. The van der Waals surface area contributed by atoms with Gasteiger partial charge in [0, 0.05) is 5.69 Å². The van der Waals surface area contributed by atoms with Crippen LogP contribution in [-0.4, -0.2) is 20.1 Å². The number of ether oxygens (including phenoxy) is 2. The zero-order chi connectivity index (χ0) is 15.2. The van der Waals surface area contributed by atoms with E-state index in [9.17, 15) is 4.79 Å². The number of benzene rings is 2. The maximum Gasteiger partial charge on any atom is 0.263 e. The minimum Gasteiger partial charge on any atom is -0.496 e. The molecule has 0 aliphatic heterocycles. The molecule has 21 heavy (non-hydrogen) atoms. The van der Waals surface area contributed by atoms with Crippen molar-refractivity contribution in [3.05, 3.63) is 53.6 Å². The van der Waals surface area contributed by atoms with Crippen LogP contribution >= 0.6 is 0 Å². The summed E-state index contributed by atoms with van der Waals surface area (Å²) in [5, 5.41) is 2.93. The topological polar surface area (TPSA) is 47.6 Å². The molecule has 2 rings (SSSR count). The van der Waals surface area contributed by atoms with Gasteiger partial charge in [-0.1, -0.05) is 31.2 Å². The zero-order valence-electron chi connectivity index (χ0n) is 12.5. The van der Waals surface area contributed by atoms with E-state index in [-0.39, 0.29) is 5.91 Å². The molecule has 0 bridgehead atoms. The first kappa shape index (κ1) is 14.9. The van der Waals surface area contributed by atoms with Gasteiger partial charge in [0.2, 0.25) is 0 Å². The fraction of sp³-hybridized carbons (Fsp3) is 0.235. The van der Waals surface area contributed by atoms with Gasteiger partial charge in [0.15, 0.2) is 0 Å². The minimum atomic E-state index is -0.245. The molecule has 0 unspecified atom stereocenters. The van der Waals surface area contributed by atoms with Crippen LogP contribution in [0.2, 0.25) is 0 Å². The number of aryl methyl sites for hydroxylation is 1. The highest BCUT2D eigenvalue weighted by atomic mass is 16.5. The van der Waals surface area contributed by atoms with Crippen molar-refractivity contribution in [2.45, 2.75) is 13.3 Å². The lowest BCUT2D eigenvalue weighted by molar-refractivity contribution is 0.102. The van der Waals surface area contributed by atoms with E-state index in [0.717, 1.165) is 17.7 Å². The van der Waals surface area contributed by atoms with Crippen LogP contribution in [0, 0.1) is 0 Å². The quantitative estimate of drug-likeness (QED) is 0.914. The molecule has 1 N–H and O–H groups in total. The summed E-state index contributed by atoms with van der Waals surface area (Å²) in [7, 11) is 3.07. The highest BCUT2D eigenvalue weighted by Gasteiger charge is 2.18. The summed E-state index contributed by atoms with van der Waals surface area (Å²) in [5.41, 5.74) is 2.28. The van der Waals surface area contributed by atoms with Crippen LogP contribution in [-0.2, 0) is 6.42 Å². The lowest BCUT2D eigenvalue weighted by Crippen LogP contribution is -2.15. The molecular weight excluding hydrogens is 266 g/mol. The second-order valence-electron chi connectivity index (χ2n) is 4.50. The van der Waals surface area contributed by atoms with E-state index in [4.69, 9.17) is 9.47 Å². The first-order chi connectivity index (χ1) is 10.2. The van der Waals surface area contributed by atoms with Crippen LogP contribution < -0.4 is 14.8 Å². The number of para-hydroxylation sites is 1. The molecule has 0 aromatic heterocycles. The second kappa shape index (κ2) is 6.79. The second-order valence-corrected chi connectivity index (χ2v) is 4.50. The van der Waals surface area contributed by atoms with Gasteiger partial charge in [-0.15, -0.1) is 0 Å².